The van der Waals surface area contributed by atoms with Crippen LogP contribution in [0, 0.1) is 17.2 Å². The van der Waals surface area contributed by atoms with Crippen molar-refractivity contribution in [2.75, 3.05) is 13.1 Å². The first-order valence-electron chi connectivity index (χ1n) is 13.7. The van der Waals surface area contributed by atoms with Crippen molar-refractivity contribution in [3.05, 3.63) is 66.0 Å². The summed E-state index contributed by atoms with van der Waals surface area (Å²) >= 11 is 0. The predicted octanol–water partition coefficient (Wildman–Crippen LogP) is 7.03. The predicted molar refractivity (Wildman–Crippen MR) is 153 cm³/mol. The quantitative estimate of drug-likeness (QED) is 0.280. The molecule has 39 heavy (non-hydrogen) atoms. The highest BCUT2D eigenvalue weighted by Crippen LogP contribution is 2.33. The van der Waals surface area contributed by atoms with E-state index in [1.807, 2.05) is 63.2 Å². The Hall–Kier alpha value is -4.05. The molecule has 1 saturated heterocycles. The summed E-state index contributed by atoms with van der Waals surface area (Å²) in [7, 11) is 0. The molecular weight excluding hydrogens is 488 g/mol. The topological polar surface area (TPSA) is 80.4 Å². The van der Waals surface area contributed by atoms with Crippen LogP contribution in [0.1, 0.15) is 58.8 Å². The van der Waals surface area contributed by atoms with Crippen LogP contribution >= 0.6 is 0 Å². The third-order valence-corrected chi connectivity index (χ3v) is 6.95. The van der Waals surface area contributed by atoms with Gasteiger partial charge < -0.3 is 14.4 Å². The van der Waals surface area contributed by atoms with E-state index in [4.69, 9.17) is 14.5 Å². The smallest absolute Gasteiger partial charge is 0.410 e. The summed E-state index contributed by atoms with van der Waals surface area (Å²) in [6.07, 6.45) is 2.06. The second-order valence-electron chi connectivity index (χ2n) is 11.7. The minimum absolute atomic E-state index is 0.0170. The van der Waals surface area contributed by atoms with E-state index in [9.17, 15) is 10.1 Å². The van der Waals surface area contributed by atoms with Gasteiger partial charge in [-0.15, -0.1) is 0 Å². The Kier molecular flexibility index (Phi) is 7.22. The first kappa shape index (κ1) is 26.6. The molecule has 0 unspecified atom stereocenters. The molecule has 5 rings (SSSR count). The molecule has 1 aliphatic rings. The number of aromatic nitrogens is 2. The van der Waals surface area contributed by atoms with Gasteiger partial charge in [0, 0.05) is 49.2 Å². The fourth-order valence-corrected chi connectivity index (χ4v) is 5.20. The molecule has 202 valence electrons. The van der Waals surface area contributed by atoms with Crippen LogP contribution in [0.4, 0.5) is 4.79 Å². The van der Waals surface area contributed by atoms with Gasteiger partial charge in [-0.1, -0.05) is 38.1 Å². The van der Waals surface area contributed by atoms with Gasteiger partial charge in [-0.25, -0.2) is 9.78 Å². The van der Waals surface area contributed by atoms with Crippen LogP contribution in [0.15, 0.2) is 54.6 Å². The summed E-state index contributed by atoms with van der Waals surface area (Å²) in [5, 5.41) is 11.6. The molecule has 7 nitrogen and oxygen atoms in total. The molecule has 0 bridgehead atoms. The summed E-state index contributed by atoms with van der Waals surface area (Å²) < 4.78 is 14.2. The van der Waals surface area contributed by atoms with Crippen LogP contribution in [-0.2, 0) is 11.2 Å². The van der Waals surface area contributed by atoms with Crippen molar-refractivity contribution in [3.63, 3.8) is 0 Å². The normalized spacial score (nSPS) is 14.6. The molecule has 1 aromatic heterocycles. The zero-order valence-electron chi connectivity index (χ0n) is 23.4. The summed E-state index contributed by atoms with van der Waals surface area (Å²) in [5.41, 5.74) is 3.05. The number of benzene rings is 3. The molecule has 1 amide bonds. The Balaban J connectivity index is 1.46. The van der Waals surface area contributed by atoms with Gasteiger partial charge in [0.1, 0.15) is 23.3 Å². The van der Waals surface area contributed by atoms with Crippen LogP contribution in [-0.4, -0.2) is 45.3 Å². The molecule has 4 aromatic rings. The van der Waals surface area contributed by atoms with E-state index in [1.54, 1.807) is 4.90 Å². The third-order valence-electron chi connectivity index (χ3n) is 6.95. The number of carbonyl (C=O) groups is 1. The number of hydrogen-bond acceptors (Lipinski definition) is 5. The highest BCUT2D eigenvalue weighted by atomic mass is 16.6. The average molecular weight is 525 g/mol. The molecule has 0 atom stereocenters. The van der Waals surface area contributed by atoms with E-state index in [0.717, 1.165) is 58.3 Å². The Morgan fingerprint density at radius 1 is 1.08 bits per heavy atom. The second kappa shape index (κ2) is 10.6. The average Bonchev–Trinajstić information content (AvgIpc) is 3.23. The first-order valence-corrected chi connectivity index (χ1v) is 13.7. The number of nitriles is 1. The number of hydrogen-bond donors (Lipinski definition) is 0. The number of carbonyl (C=O) groups excluding carboxylic acids is 1. The number of nitrogens with zero attached hydrogens (tertiary/aromatic N) is 4. The van der Waals surface area contributed by atoms with Gasteiger partial charge in [0.25, 0.3) is 0 Å². The van der Waals surface area contributed by atoms with Crippen LogP contribution in [0.3, 0.4) is 0 Å². The molecule has 0 saturated carbocycles. The van der Waals surface area contributed by atoms with Crippen LogP contribution < -0.4 is 4.74 Å². The van der Waals surface area contributed by atoms with Crippen molar-refractivity contribution in [2.45, 2.75) is 65.6 Å². The largest absolute Gasteiger partial charge is 0.490 e. The molecule has 1 aliphatic heterocycles. The van der Waals surface area contributed by atoms with Crippen LogP contribution in [0.25, 0.3) is 27.5 Å². The number of likely N-dealkylation sites (tertiary alicyclic amines) is 1. The zero-order valence-corrected chi connectivity index (χ0v) is 23.4. The standard InChI is InChI=1S/C32H36N4O3/c1-21(2)18-30-34-27-12-11-24(38-23-14-16-35(17-15-23)31(37)39-32(3,4)5)19-29(27)36(30)28-13-10-22(20-33)25-8-6-7-9-26(25)28/h6-13,19,21,23H,14-18H2,1-5H3. The maximum absolute atomic E-state index is 12.4. The monoisotopic (exact) mass is 524 g/mol. The van der Waals surface area contributed by atoms with E-state index in [1.165, 1.54) is 0 Å². The molecule has 0 N–H and O–H groups in total. The Bertz CT molecular complexity index is 1550. The number of amides is 1. The van der Waals surface area contributed by atoms with Gasteiger partial charge >= 0.3 is 6.09 Å². The van der Waals surface area contributed by atoms with Crippen molar-refractivity contribution < 1.29 is 14.3 Å². The summed E-state index contributed by atoms with van der Waals surface area (Å²) in [5.74, 6) is 2.20. The van der Waals surface area contributed by atoms with E-state index >= 15 is 0 Å². The molecular formula is C32H36N4O3. The minimum Gasteiger partial charge on any atom is -0.490 e. The number of imidazole rings is 1. The van der Waals surface area contributed by atoms with Gasteiger partial charge in [0.05, 0.1) is 28.4 Å². The minimum atomic E-state index is -0.503. The summed E-state index contributed by atoms with van der Waals surface area (Å²) in [6, 6.07) is 20.3. The van der Waals surface area contributed by atoms with Crippen molar-refractivity contribution >= 4 is 27.9 Å². The molecule has 3 aromatic carbocycles. The summed E-state index contributed by atoms with van der Waals surface area (Å²) in [6.45, 7) is 11.3. The van der Waals surface area contributed by atoms with Gasteiger partial charge in [-0.2, -0.15) is 5.26 Å². The highest BCUT2D eigenvalue weighted by molar-refractivity contribution is 5.96. The molecule has 1 fully saturated rings. The second-order valence-corrected chi connectivity index (χ2v) is 11.7. The van der Waals surface area contributed by atoms with E-state index in [0.29, 0.717) is 24.6 Å². The van der Waals surface area contributed by atoms with Gasteiger partial charge in [-0.05, 0) is 51.0 Å². The molecule has 0 aliphatic carbocycles. The van der Waals surface area contributed by atoms with Crippen LogP contribution in [0.5, 0.6) is 5.75 Å². The molecule has 0 radical (unpaired) electrons. The van der Waals surface area contributed by atoms with Crippen LogP contribution in [0.2, 0.25) is 0 Å². The van der Waals surface area contributed by atoms with Gasteiger partial charge in [0.15, 0.2) is 0 Å². The van der Waals surface area contributed by atoms with Gasteiger partial charge in [0.2, 0.25) is 0 Å². The number of fused-ring (bicyclic) bond motifs is 2. The summed E-state index contributed by atoms with van der Waals surface area (Å²) in [4.78, 5) is 19.2. The van der Waals surface area contributed by atoms with Crippen molar-refractivity contribution in [1.82, 2.24) is 14.5 Å². The number of ether oxygens (including phenoxy) is 2. The van der Waals surface area contributed by atoms with E-state index in [-0.39, 0.29) is 12.2 Å². The molecule has 0 spiro atoms. The lowest BCUT2D eigenvalue weighted by atomic mass is 10.0. The number of piperidine rings is 1. The fraction of sp³-hybridized carbons (Fsp3) is 0.406. The van der Waals surface area contributed by atoms with Crippen molar-refractivity contribution in [1.29, 1.82) is 5.26 Å². The Labute approximate surface area is 229 Å². The SMILES string of the molecule is CC(C)Cc1nc2ccc(OC3CCN(C(=O)OC(C)(C)C)CC3)cc2n1-c1ccc(C#N)c2ccccc12. The Morgan fingerprint density at radius 2 is 1.79 bits per heavy atom. The first-order chi connectivity index (χ1) is 18.6. The molecule has 2 heterocycles. The fourth-order valence-electron chi connectivity index (χ4n) is 5.20. The van der Waals surface area contributed by atoms with Crippen molar-refractivity contribution in [2.24, 2.45) is 5.92 Å². The lowest BCUT2D eigenvalue weighted by Crippen LogP contribution is -2.44. The maximum atomic E-state index is 12.4. The van der Waals surface area contributed by atoms with Crippen molar-refractivity contribution in [3.8, 4) is 17.5 Å². The lowest BCUT2D eigenvalue weighted by Gasteiger charge is -2.33. The van der Waals surface area contributed by atoms with Gasteiger partial charge in [-0.3, -0.25) is 4.57 Å². The van der Waals surface area contributed by atoms with E-state index < -0.39 is 5.60 Å². The Morgan fingerprint density at radius 3 is 2.46 bits per heavy atom. The zero-order chi connectivity index (χ0) is 27.7. The number of rotatable bonds is 5. The lowest BCUT2D eigenvalue weighted by molar-refractivity contribution is 0.0127. The molecule has 7 heteroatoms. The van der Waals surface area contributed by atoms with E-state index in [2.05, 4.69) is 36.6 Å². The maximum Gasteiger partial charge on any atom is 0.410 e. The third kappa shape index (κ3) is 5.70. The highest BCUT2D eigenvalue weighted by Gasteiger charge is 2.28.